The van der Waals surface area contributed by atoms with Gasteiger partial charge in [-0.3, -0.25) is 9.59 Å². The SMILES string of the molecule is CC(=O)N(CCC(=O)Nc1ccc(Cl)cc1C(F)(F)F)c1ccccc1C. The molecule has 27 heavy (non-hydrogen) atoms. The van der Waals surface area contributed by atoms with E-state index in [4.69, 9.17) is 11.6 Å². The monoisotopic (exact) mass is 398 g/mol. The van der Waals surface area contributed by atoms with Gasteiger partial charge >= 0.3 is 6.18 Å². The molecule has 2 rings (SSSR count). The highest BCUT2D eigenvalue weighted by Crippen LogP contribution is 2.36. The van der Waals surface area contributed by atoms with Crippen LogP contribution in [0.15, 0.2) is 42.5 Å². The van der Waals surface area contributed by atoms with Gasteiger partial charge < -0.3 is 10.2 Å². The minimum Gasteiger partial charge on any atom is -0.325 e. The number of amides is 2. The second-order valence-corrected chi connectivity index (χ2v) is 6.38. The van der Waals surface area contributed by atoms with Gasteiger partial charge in [-0.15, -0.1) is 0 Å². The predicted molar refractivity (Wildman–Crippen MR) is 98.9 cm³/mol. The second kappa shape index (κ2) is 8.43. The summed E-state index contributed by atoms with van der Waals surface area (Å²) in [4.78, 5) is 25.5. The summed E-state index contributed by atoms with van der Waals surface area (Å²) in [6.45, 7) is 3.24. The third-order valence-electron chi connectivity index (χ3n) is 3.91. The van der Waals surface area contributed by atoms with Crippen LogP contribution in [0.25, 0.3) is 0 Å². The van der Waals surface area contributed by atoms with Crippen LogP contribution in [0, 0.1) is 6.92 Å². The average molecular weight is 399 g/mol. The molecule has 0 spiro atoms. The molecule has 0 radical (unpaired) electrons. The third kappa shape index (κ3) is 5.47. The van der Waals surface area contributed by atoms with Crippen LogP contribution >= 0.6 is 11.6 Å². The molecule has 0 aromatic heterocycles. The van der Waals surface area contributed by atoms with Crippen molar-refractivity contribution in [3.8, 4) is 0 Å². The molecular formula is C19H18ClF3N2O2. The second-order valence-electron chi connectivity index (χ2n) is 5.94. The van der Waals surface area contributed by atoms with Gasteiger partial charge in [-0.25, -0.2) is 0 Å². The molecule has 0 aliphatic carbocycles. The zero-order chi connectivity index (χ0) is 20.2. The molecule has 0 saturated heterocycles. The number of rotatable bonds is 5. The number of hydrogen-bond donors (Lipinski definition) is 1. The number of nitrogens with one attached hydrogen (secondary N) is 1. The number of halogens is 4. The Morgan fingerprint density at radius 3 is 2.41 bits per heavy atom. The molecule has 1 N–H and O–H groups in total. The quantitative estimate of drug-likeness (QED) is 0.766. The zero-order valence-electron chi connectivity index (χ0n) is 14.7. The number of carbonyl (C=O) groups excluding carboxylic acids is 2. The summed E-state index contributed by atoms with van der Waals surface area (Å²) in [5, 5.41) is 2.17. The van der Waals surface area contributed by atoms with Crippen molar-refractivity contribution in [1.82, 2.24) is 0 Å². The molecule has 0 heterocycles. The summed E-state index contributed by atoms with van der Waals surface area (Å²) in [7, 11) is 0. The predicted octanol–water partition coefficient (Wildman–Crippen LogP) is 5.05. The van der Waals surface area contributed by atoms with Crippen molar-refractivity contribution < 1.29 is 22.8 Å². The molecule has 2 amide bonds. The number of para-hydroxylation sites is 1. The van der Waals surface area contributed by atoms with Gasteiger partial charge in [0.25, 0.3) is 0 Å². The normalized spacial score (nSPS) is 11.2. The summed E-state index contributed by atoms with van der Waals surface area (Å²) in [6.07, 6.45) is -4.81. The molecular weight excluding hydrogens is 381 g/mol. The van der Waals surface area contributed by atoms with Crippen molar-refractivity contribution in [2.24, 2.45) is 0 Å². The van der Waals surface area contributed by atoms with Gasteiger partial charge in [0.15, 0.2) is 0 Å². The van der Waals surface area contributed by atoms with E-state index in [1.807, 2.05) is 19.1 Å². The van der Waals surface area contributed by atoms with Crippen molar-refractivity contribution in [3.63, 3.8) is 0 Å². The molecule has 0 saturated carbocycles. The number of carbonyl (C=O) groups is 2. The Hall–Kier alpha value is -2.54. The van der Waals surface area contributed by atoms with Gasteiger partial charge in [0.05, 0.1) is 11.3 Å². The number of alkyl halides is 3. The maximum atomic E-state index is 13.1. The lowest BCUT2D eigenvalue weighted by Gasteiger charge is -2.23. The van der Waals surface area contributed by atoms with Crippen LogP contribution < -0.4 is 10.2 Å². The standard InChI is InChI=1S/C19H18ClF3N2O2/c1-12-5-3-4-6-17(12)25(13(2)26)10-9-18(27)24-16-8-7-14(20)11-15(16)19(21,22)23/h3-8,11H,9-10H2,1-2H3,(H,24,27). The topological polar surface area (TPSA) is 49.4 Å². The number of nitrogens with zero attached hydrogens (tertiary/aromatic N) is 1. The lowest BCUT2D eigenvalue weighted by molar-refractivity contribution is -0.137. The zero-order valence-corrected chi connectivity index (χ0v) is 15.5. The van der Waals surface area contributed by atoms with Crippen LogP contribution in [-0.2, 0) is 15.8 Å². The third-order valence-corrected chi connectivity index (χ3v) is 4.15. The van der Waals surface area contributed by atoms with Crippen molar-refractivity contribution >= 4 is 34.8 Å². The highest BCUT2D eigenvalue weighted by Gasteiger charge is 2.34. The van der Waals surface area contributed by atoms with E-state index in [2.05, 4.69) is 5.32 Å². The van der Waals surface area contributed by atoms with Gasteiger partial charge in [-0.1, -0.05) is 29.8 Å². The molecule has 8 heteroatoms. The minimum absolute atomic E-state index is 0.0426. The van der Waals surface area contributed by atoms with Crippen molar-refractivity contribution in [1.29, 1.82) is 0 Å². The fraction of sp³-hybridized carbons (Fsp3) is 0.263. The summed E-state index contributed by atoms with van der Waals surface area (Å²) in [5.41, 5.74) is 0.110. The lowest BCUT2D eigenvalue weighted by Crippen LogP contribution is -2.32. The number of anilines is 2. The average Bonchev–Trinajstić information content (AvgIpc) is 2.57. The molecule has 0 aliphatic heterocycles. The largest absolute Gasteiger partial charge is 0.418 e. The van der Waals surface area contributed by atoms with Gasteiger partial charge in [0, 0.05) is 30.6 Å². The molecule has 2 aromatic rings. The van der Waals surface area contributed by atoms with Crippen molar-refractivity contribution in [3.05, 3.63) is 58.6 Å². The molecule has 0 unspecified atom stereocenters. The van der Waals surface area contributed by atoms with E-state index in [9.17, 15) is 22.8 Å². The fourth-order valence-corrected chi connectivity index (χ4v) is 2.77. The van der Waals surface area contributed by atoms with Crippen LogP contribution in [0.4, 0.5) is 24.5 Å². The Balaban J connectivity index is 2.12. The van der Waals surface area contributed by atoms with E-state index in [0.29, 0.717) is 5.69 Å². The highest BCUT2D eigenvalue weighted by atomic mass is 35.5. The Morgan fingerprint density at radius 1 is 1.15 bits per heavy atom. The Kier molecular flexibility index (Phi) is 6.49. The number of benzene rings is 2. The van der Waals surface area contributed by atoms with E-state index in [1.54, 1.807) is 12.1 Å². The van der Waals surface area contributed by atoms with Crippen LogP contribution in [-0.4, -0.2) is 18.4 Å². The Labute approximate surface area is 159 Å². The smallest absolute Gasteiger partial charge is 0.325 e. The first-order valence-corrected chi connectivity index (χ1v) is 8.47. The molecule has 0 fully saturated rings. The van der Waals surface area contributed by atoms with Gasteiger partial charge in [0.2, 0.25) is 11.8 Å². The first-order chi connectivity index (χ1) is 12.6. The molecule has 4 nitrogen and oxygen atoms in total. The van der Waals surface area contributed by atoms with Gasteiger partial charge in [-0.2, -0.15) is 13.2 Å². The Bertz CT molecular complexity index is 853. The molecule has 2 aromatic carbocycles. The summed E-state index contributed by atoms with van der Waals surface area (Å²) in [6, 6.07) is 10.3. The van der Waals surface area contributed by atoms with E-state index < -0.39 is 17.6 Å². The van der Waals surface area contributed by atoms with Crippen molar-refractivity contribution in [2.45, 2.75) is 26.4 Å². The first kappa shape index (κ1) is 20.8. The van der Waals surface area contributed by atoms with Crippen LogP contribution in [0.5, 0.6) is 0 Å². The fourth-order valence-electron chi connectivity index (χ4n) is 2.60. The van der Waals surface area contributed by atoms with Crippen LogP contribution in [0.2, 0.25) is 5.02 Å². The summed E-state index contributed by atoms with van der Waals surface area (Å²) < 4.78 is 39.3. The maximum absolute atomic E-state index is 13.1. The number of hydrogen-bond acceptors (Lipinski definition) is 2. The van der Waals surface area contributed by atoms with E-state index in [0.717, 1.165) is 17.7 Å². The molecule has 144 valence electrons. The lowest BCUT2D eigenvalue weighted by atomic mass is 10.1. The van der Waals surface area contributed by atoms with Gasteiger partial charge in [0.1, 0.15) is 0 Å². The molecule has 0 aliphatic rings. The highest BCUT2D eigenvalue weighted by molar-refractivity contribution is 6.30. The number of aryl methyl sites for hydroxylation is 1. The van der Waals surface area contributed by atoms with E-state index >= 15 is 0 Å². The van der Waals surface area contributed by atoms with Crippen molar-refractivity contribution in [2.75, 3.05) is 16.8 Å². The molecule has 0 bridgehead atoms. The maximum Gasteiger partial charge on any atom is 0.418 e. The summed E-state index contributed by atoms with van der Waals surface area (Å²) in [5.74, 6) is -0.901. The molecule has 0 atom stereocenters. The van der Waals surface area contributed by atoms with Crippen LogP contribution in [0.1, 0.15) is 24.5 Å². The van der Waals surface area contributed by atoms with E-state index in [-0.39, 0.29) is 29.6 Å². The van der Waals surface area contributed by atoms with E-state index in [1.165, 1.54) is 17.9 Å². The minimum atomic E-state index is -4.65. The summed E-state index contributed by atoms with van der Waals surface area (Å²) >= 11 is 5.62. The first-order valence-electron chi connectivity index (χ1n) is 8.10. The Morgan fingerprint density at radius 2 is 1.81 bits per heavy atom. The van der Waals surface area contributed by atoms with Gasteiger partial charge in [-0.05, 0) is 36.8 Å². The van der Waals surface area contributed by atoms with Crippen LogP contribution in [0.3, 0.4) is 0 Å².